The van der Waals surface area contributed by atoms with Crippen LogP contribution in [0.25, 0.3) is 0 Å². The van der Waals surface area contributed by atoms with Gasteiger partial charge >= 0.3 is 0 Å². The van der Waals surface area contributed by atoms with E-state index in [1.54, 1.807) is 12.4 Å². The van der Waals surface area contributed by atoms with Crippen LogP contribution in [0, 0.1) is 3.57 Å². The fourth-order valence-electron chi connectivity index (χ4n) is 1.17. The van der Waals surface area contributed by atoms with Crippen molar-refractivity contribution in [1.29, 1.82) is 0 Å². The van der Waals surface area contributed by atoms with Gasteiger partial charge in [-0.1, -0.05) is 6.07 Å². The molecule has 0 aromatic carbocycles. The normalized spacial score (nSPS) is 10.2. The molecule has 0 spiro atoms. The van der Waals surface area contributed by atoms with E-state index in [4.69, 9.17) is 5.73 Å². The average molecular weight is 312 g/mol. The van der Waals surface area contributed by atoms with Gasteiger partial charge in [0.1, 0.15) is 11.6 Å². The highest BCUT2D eigenvalue weighted by molar-refractivity contribution is 14.1. The zero-order chi connectivity index (χ0) is 10.7. The molecule has 0 saturated heterocycles. The van der Waals surface area contributed by atoms with E-state index in [1.807, 2.05) is 18.2 Å². The Labute approximate surface area is 101 Å². The van der Waals surface area contributed by atoms with Crippen molar-refractivity contribution in [2.75, 3.05) is 5.73 Å². The molecule has 0 unspecified atom stereocenters. The van der Waals surface area contributed by atoms with Gasteiger partial charge in [-0.05, 0) is 34.7 Å². The molecular weight excluding hydrogens is 303 g/mol. The lowest BCUT2D eigenvalue weighted by Gasteiger charge is -2.01. The number of hydrogen-bond acceptors (Lipinski definition) is 4. The number of hydrogen-bond donors (Lipinski definition) is 1. The topological polar surface area (TPSA) is 64.7 Å². The summed E-state index contributed by atoms with van der Waals surface area (Å²) in [5.41, 5.74) is 6.64. The van der Waals surface area contributed by atoms with Gasteiger partial charge in [0.25, 0.3) is 0 Å². The second kappa shape index (κ2) is 4.52. The van der Waals surface area contributed by atoms with Gasteiger partial charge in [0.15, 0.2) is 0 Å². The van der Waals surface area contributed by atoms with E-state index in [1.165, 1.54) is 0 Å². The van der Waals surface area contributed by atoms with E-state index in [-0.39, 0.29) is 0 Å². The van der Waals surface area contributed by atoms with Crippen molar-refractivity contribution in [2.24, 2.45) is 0 Å². The Morgan fingerprint density at radius 1 is 1.27 bits per heavy atom. The van der Waals surface area contributed by atoms with Gasteiger partial charge in [0.2, 0.25) is 0 Å². The van der Waals surface area contributed by atoms with Crippen LogP contribution in [0.1, 0.15) is 11.5 Å². The van der Waals surface area contributed by atoms with Gasteiger partial charge in [-0.2, -0.15) is 0 Å². The predicted molar refractivity (Wildman–Crippen MR) is 66.2 cm³/mol. The molecule has 0 bridgehead atoms. The summed E-state index contributed by atoms with van der Waals surface area (Å²) in [5, 5.41) is 0. The predicted octanol–water partition coefficient (Wildman–Crippen LogP) is 1.65. The van der Waals surface area contributed by atoms with Gasteiger partial charge < -0.3 is 5.73 Å². The second-order valence-corrected chi connectivity index (χ2v) is 4.18. The summed E-state index contributed by atoms with van der Waals surface area (Å²) >= 11 is 2.11. The fourth-order valence-corrected chi connectivity index (χ4v) is 1.43. The van der Waals surface area contributed by atoms with Crippen LogP contribution in [-0.4, -0.2) is 15.0 Å². The fraction of sp³-hybridized carbons (Fsp3) is 0.100. The monoisotopic (exact) mass is 312 g/mol. The minimum absolute atomic E-state index is 0.525. The summed E-state index contributed by atoms with van der Waals surface area (Å²) < 4.78 is 0.873. The first-order chi connectivity index (χ1) is 7.25. The molecular formula is C10H9IN4. The first kappa shape index (κ1) is 10.3. The SMILES string of the molecule is Nc1nc(Cc2ccccn2)ncc1I. The van der Waals surface area contributed by atoms with E-state index in [9.17, 15) is 0 Å². The number of nitrogens with two attached hydrogens (primary N) is 1. The standard InChI is InChI=1S/C10H9IN4/c11-8-6-14-9(15-10(8)12)5-7-3-1-2-4-13-7/h1-4,6H,5H2,(H2,12,14,15). The maximum atomic E-state index is 5.70. The molecule has 5 heteroatoms. The van der Waals surface area contributed by atoms with Crippen LogP contribution >= 0.6 is 22.6 Å². The average Bonchev–Trinajstić information content (AvgIpc) is 2.25. The van der Waals surface area contributed by atoms with Crippen LogP contribution in [0.3, 0.4) is 0 Å². The van der Waals surface area contributed by atoms with Gasteiger partial charge in [-0.15, -0.1) is 0 Å². The first-order valence-corrected chi connectivity index (χ1v) is 5.50. The van der Waals surface area contributed by atoms with Crippen molar-refractivity contribution in [3.8, 4) is 0 Å². The lowest BCUT2D eigenvalue weighted by atomic mass is 10.2. The largest absolute Gasteiger partial charge is 0.383 e. The van der Waals surface area contributed by atoms with Gasteiger partial charge in [-0.3, -0.25) is 4.98 Å². The van der Waals surface area contributed by atoms with Gasteiger partial charge in [-0.25, -0.2) is 9.97 Å². The molecule has 0 aliphatic heterocycles. The summed E-state index contributed by atoms with van der Waals surface area (Å²) in [4.78, 5) is 12.6. The van der Waals surface area contributed by atoms with Crippen molar-refractivity contribution < 1.29 is 0 Å². The Balaban J connectivity index is 2.22. The van der Waals surface area contributed by atoms with Gasteiger partial charge in [0.05, 0.1) is 9.99 Å². The summed E-state index contributed by atoms with van der Waals surface area (Å²) in [5.74, 6) is 1.23. The Bertz CT molecular complexity index is 458. The molecule has 0 aliphatic rings. The maximum absolute atomic E-state index is 5.70. The van der Waals surface area contributed by atoms with E-state index in [0.29, 0.717) is 18.1 Å². The Hall–Kier alpha value is -1.24. The molecule has 0 saturated carbocycles. The smallest absolute Gasteiger partial charge is 0.140 e. The number of nitrogen functional groups attached to an aromatic ring is 1. The van der Waals surface area contributed by atoms with Crippen LogP contribution in [0.2, 0.25) is 0 Å². The van der Waals surface area contributed by atoms with Crippen LogP contribution in [0.4, 0.5) is 5.82 Å². The summed E-state index contributed by atoms with van der Waals surface area (Å²) in [6.07, 6.45) is 4.09. The Morgan fingerprint density at radius 2 is 2.13 bits per heavy atom. The molecule has 0 radical (unpaired) electrons. The minimum atomic E-state index is 0.525. The van der Waals surface area contributed by atoms with Crippen LogP contribution in [-0.2, 0) is 6.42 Å². The van der Waals surface area contributed by atoms with Crippen molar-refractivity contribution in [3.63, 3.8) is 0 Å². The highest BCUT2D eigenvalue weighted by Gasteiger charge is 2.03. The summed E-state index contributed by atoms with van der Waals surface area (Å²) in [6.45, 7) is 0. The van der Waals surface area contributed by atoms with E-state index < -0.39 is 0 Å². The third-order valence-corrected chi connectivity index (χ3v) is 2.72. The quantitative estimate of drug-likeness (QED) is 0.857. The third-order valence-electron chi connectivity index (χ3n) is 1.89. The molecule has 2 aromatic rings. The second-order valence-electron chi connectivity index (χ2n) is 3.02. The van der Waals surface area contributed by atoms with Crippen LogP contribution in [0.5, 0.6) is 0 Å². The molecule has 2 aromatic heterocycles. The van der Waals surface area contributed by atoms with Crippen molar-refractivity contribution in [1.82, 2.24) is 15.0 Å². The molecule has 2 N–H and O–H groups in total. The first-order valence-electron chi connectivity index (χ1n) is 4.42. The zero-order valence-electron chi connectivity index (χ0n) is 7.89. The van der Waals surface area contributed by atoms with E-state index >= 15 is 0 Å². The third kappa shape index (κ3) is 2.62. The Morgan fingerprint density at radius 3 is 2.80 bits per heavy atom. The molecule has 0 aliphatic carbocycles. The highest BCUT2D eigenvalue weighted by atomic mass is 127. The molecule has 0 atom stereocenters. The maximum Gasteiger partial charge on any atom is 0.140 e. The number of rotatable bonds is 2. The van der Waals surface area contributed by atoms with Crippen LogP contribution in [0.15, 0.2) is 30.6 Å². The molecule has 2 rings (SSSR count). The van der Waals surface area contributed by atoms with Crippen molar-refractivity contribution in [2.45, 2.75) is 6.42 Å². The lowest BCUT2D eigenvalue weighted by molar-refractivity contribution is 0.936. The van der Waals surface area contributed by atoms with Gasteiger partial charge in [0, 0.05) is 18.1 Å². The molecule has 2 heterocycles. The highest BCUT2D eigenvalue weighted by Crippen LogP contribution is 2.11. The lowest BCUT2D eigenvalue weighted by Crippen LogP contribution is -2.03. The summed E-state index contributed by atoms with van der Waals surface area (Å²) in [7, 11) is 0. The number of pyridine rings is 1. The van der Waals surface area contributed by atoms with Crippen LogP contribution < -0.4 is 5.73 Å². The molecule has 76 valence electrons. The molecule has 0 fully saturated rings. The molecule has 0 amide bonds. The number of halogens is 1. The van der Waals surface area contributed by atoms with E-state index in [2.05, 4.69) is 37.5 Å². The van der Waals surface area contributed by atoms with E-state index in [0.717, 1.165) is 9.26 Å². The van der Waals surface area contributed by atoms with Crippen molar-refractivity contribution >= 4 is 28.4 Å². The minimum Gasteiger partial charge on any atom is -0.383 e. The number of anilines is 1. The number of aromatic nitrogens is 3. The van der Waals surface area contributed by atoms with Crippen molar-refractivity contribution in [3.05, 3.63) is 45.7 Å². The Kier molecular flexibility index (Phi) is 3.10. The number of nitrogens with zero attached hydrogens (tertiary/aromatic N) is 3. The molecule has 4 nitrogen and oxygen atoms in total. The summed E-state index contributed by atoms with van der Waals surface area (Å²) in [6, 6.07) is 5.77. The zero-order valence-corrected chi connectivity index (χ0v) is 10.0. The molecule has 15 heavy (non-hydrogen) atoms.